The van der Waals surface area contributed by atoms with Crippen LogP contribution in [0.1, 0.15) is 85.5 Å². The summed E-state index contributed by atoms with van der Waals surface area (Å²) in [6, 6.07) is -2.27. The first kappa shape index (κ1) is 36.1. The fourth-order valence-electron chi connectivity index (χ4n) is 8.93. The third-order valence-electron chi connectivity index (χ3n) is 11.5. The molecule has 4 aliphatic rings. The lowest BCUT2D eigenvalue weighted by Crippen LogP contribution is -2.62. The highest BCUT2D eigenvalue weighted by Gasteiger charge is 2.68. The van der Waals surface area contributed by atoms with Crippen LogP contribution in [0.15, 0.2) is 11.6 Å². The standard InChI is InChI=1S/C33H48N2O10S/c1-17(2)28(29(41)34-22(16-46)30(42)43)35-25(39)7-8-26(40)45-15-24(38)33(44)12-10-21-20-6-5-18-13-19(36)9-11-31(18,3)27(20)23(37)14-32(21,33)4/h13,17,20-23,27-28,37,44,46H,5-12,14-16H2,1-4H3,(H,34,41)(H,35,39)(H,42,43)/t20-,21+,22+,23-,27-,28-,31-,32-,33-/m0/s1. The summed E-state index contributed by atoms with van der Waals surface area (Å²) in [5, 5.41) is 37.4. The minimum atomic E-state index is -1.79. The molecule has 0 spiro atoms. The van der Waals surface area contributed by atoms with E-state index in [1.54, 1.807) is 19.9 Å². The predicted octanol–water partition coefficient (Wildman–Crippen LogP) is 1.75. The molecule has 9 atom stereocenters. The number of carbonyl (C=O) groups excluding carboxylic acids is 5. The first-order valence-corrected chi connectivity index (χ1v) is 16.9. The van der Waals surface area contributed by atoms with Gasteiger partial charge in [0.15, 0.2) is 12.4 Å². The number of amides is 2. The van der Waals surface area contributed by atoms with Gasteiger partial charge >= 0.3 is 11.9 Å². The van der Waals surface area contributed by atoms with Gasteiger partial charge in [-0.25, -0.2) is 4.79 Å². The first-order valence-electron chi connectivity index (χ1n) is 16.2. The number of ether oxygens (including phenoxy) is 1. The van der Waals surface area contributed by atoms with Crippen LogP contribution in [0.4, 0.5) is 0 Å². The monoisotopic (exact) mass is 664 g/mol. The molecule has 0 aliphatic heterocycles. The number of hydrogen-bond acceptors (Lipinski definition) is 10. The largest absolute Gasteiger partial charge is 0.480 e. The Balaban J connectivity index is 1.33. The van der Waals surface area contributed by atoms with Crippen LogP contribution in [-0.4, -0.2) is 86.8 Å². The number of carboxylic acids is 1. The van der Waals surface area contributed by atoms with E-state index in [9.17, 15) is 39.0 Å². The molecule has 3 saturated carbocycles. The quantitative estimate of drug-likeness (QED) is 0.132. The smallest absolute Gasteiger partial charge is 0.327 e. The molecule has 0 unspecified atom stereocenters. The summed E-state index contributed by atoms with van der Waals surface area (Å²) in [6.45, 7) is 6.66. The predicted molar refractivity (Wildman–Crippen MR) is 168 cm³/mol. The van der Waals surface area contributed by atoms with Crippen molar-refractivity contribution >= 4 is 47.9 Å². The van der Waals surface area contributed by atoms with E-state index in [1.165, 1.54) is 0 Å². The van der Waals surface area contributed by atoms with Crippen molar-refractivity contribution < 1.29 is 48.8 Å². The van der Waals surface area contributed by atoms with Gasteiger partial charge in [-0.2, -0.15) is 12.6 Å². The number of aliphatic hydroxyl groups excluding tert-OH is 1. The minimum Gasteiger partial charge on any atom is -0.480 e. The number of allylic oxidation sites excluding steroid dienone is 1. The minimum absolute atomic E-state index is 0.0186. The number of rotatable bonds is 12. The van der Waals surface area contributed by atoms with E-state index in [4.69, 9.17) is 9.84 Å². The highest BCUT2D eigenvalue weighted by atomic mass is 32.1. The Labute approximate surface area is 274 Å². The highest BCUT2D eigenvalue weighted by molar-refractivity contribution is 7.80. The molecule has 0 aromatic carbocycles. The fraction of sp³-hybridized carbons (Fsp3) is 0.758. The normalized spacial score (nSPS) is 34.7. The molecule has 0 aromatic heterocycles. The summed E-state index contributed by atoms with van der Waals surface area (Å²) in [4.78, 5) is 74.5. The molecule has 0 heterocycles. The van der Waals surface area contributed by atoms with Crippen LogP contribution in [0.3, 0.4) is 0 Å². The van der Waals surface area contributed by atoms with Gasteiger partial charge in [0, 0.05) is 24.0 Å². The zero-order valence-corrected chi connectivity index (χ0v) is 27.9. The molecule has 12 nitrogen and oxygen atoms in total. The Morgan fingerprint density at radius 2 is 1.76 bits per heavy atom. The van der Waals surface area contributed by atoms with Crippen LogP contribution in [0.2, 0.25) is 0 Å². The van der Waals surface area contributed by atoms with E-state index in [0.717, 1.165) is 18.4 Å². The third kappa shape index (κ3) is 6.64. The summed E-state index contributed by atoms with van der Waals surface area (Å²) in [5.74, 6) is -4.45. The maximum atomic E-state index is 13.5. The lowest BCUT2D eigenvalue weighted by atomic mass is 9.45. The number of ketones is 2. The van der Waals surface area contributed by atoms with Gasteiger partial charge < -0.3 is 30.7 Å². The number of hydrogen-bond donors (Lipinski definition) is 6. The molecule has 0 aromatic rings. The van der Waals surface area contributed by atoms with E-state index in [-0.39, 0.29) is 66.3 Å². The van der Waals surface area contributed by atoms with Gasteiger partial charge in [0.25, 0.3) is 0 Å². The van der Waals surface area contributed by atoms with E-state index >= 15 is 0 Å². The second-order valence-electron chi connectivity index (χ2n) is 14.4. The van der Waals surface area contributed by atoms with Gasteiger partial charge in [-0.05, 0) is 73.7 Å². The Morgan fingerprint density at radius 3 is 2.39 bits per heavy atom. The number of fused-ring (bicyclic) bond motifs is 5. The molecule has 5 N–H and O–H groups in total. The molecule has 0 bridgehead atoms. The van der Waals surface area contributed by atoms with Crippen molar-refractivity contribution in [3.63, 3.8) is 0 Å². The molecule has 2 amide bonds. The first-order chi connectivity index (χ1) is 21.5. The third-order valence-corrected chi connectivity index (χ3v) is 11.9. The Morgan fingerprint density at radius 1 is 1.07 bits per heavy atom. The van der Waals surface area contributed by atoms with Gasteiger partial charge in [0.1, 0.15) is 17.7 Å². The Bertz CT molecular complexity index is 1300. The molecule has 4 aliphatic carbocycles. The van der Waals surface area contributed by atoms with Crippen molar-refractivity contribution in [2.45, 2.75) is 109 Å². The Hall–Kier alpha value is -2.77. The average molecular weight is 665 g/mol. The number of aliphatic hydroxyl groups is 2. The second-order valence-corrected chi connectivity index (χ2v) is 14.8. The zero-order chi connectivity index (χ0) is 34.2. The molecule has 4 rings (SSSR count). The lowest BCUT2D eigenvalue weighted by molar-refractivity contribution is -0.184. The topological polar surface area (TPSA) is 196 Å². The number of thiol groups is 1. The molecule has 0 radical (unpaired) electrons. The van der Waals surface area contributed by atoms with Gasteiger partial charge in [0.2, 0.25) is 17.6 Å². The van der Waals surface area contributed by atoms with Crippen molar-refractivity contribution in [3.8, 4) is 0 Å². The maximum Gasteiger partial charge on any atom is 0.327 e. The van der Waals surface area contributed by atoms with Crippen LogP contribution >= 0.6 is 12.6 Å². The molecular formula is C33H48N2O10S. The highest BCUT2D eigenvalue weighted by Crippen LogP contribution is 2.67. The van der Waals surface area contributed by atoms with E-state index < -0.39 is 65.3 Å². The van der Waals surface area contributed by atoms with Crippen molar-refractivity contribution in [2.75, 3.05) is 12.4 Å². The van der Waals surface area contributed by atoms with E-state index in [0.29, 0.717) is 19.3 Å². The molecule has 13 heteroatoms. The Kier molecular flexibility index (Phi) is 10.8. The van der Waals surface area contributed by atoms with Crippen molar-refractivity contribution in [3.05, 3.63) is 11.6 Å². The van der Waals surface area contributed by atoms with Gasteiger partial charge in [0.05, 0.1) is 12.5 Å². The number of carboxylic acid groups (broad SMARTS) is 1. The zero-order valence-electron chi connectivity index (χ0n) is 27.0. The number of carbonyl (C=O) groups is 6. The number of nitrogens with one attached hydrogen (secondary N) is 2. The van der Waals surface area contributed by atoms with Gasteiger partial charge in [-0.15, -0.1) is 0 Å². The molecule has 256 valence electrons. The van der Waals surface area contributed by atoms with Gasteiger partial charge in [-0.1, -0.05) is 33.3 Å². The van der Waals surface area contributed by atoms with Crippen LogP contribution in [0.25, 0.3) is 0 Å². The SMILES string of the molecule is CC(C)[C@H](NC(=O)CCC(=O)OCC(=O)[C@@]1(O)CC[C@@H]2[C@@H]3CCC4=CC(=O)CC[C@]4(C)[C@@H]3[C@@H](O)C[C@@]21C)C(=O)N[C@H](CS)C(=O)O. The van der Waals surface area contributed by atoms with Crippen LogP contribution in [-0.2, 0) is 33.5 Å². The number of Topliss-reactive ketones (excluding diaryl/α,β-unsaturated/α-hetero) is 1. The van der Waals surface area contributed by atoms with E-state index in [2.05, 4.69) is 30.2 Å². The lowest BCUT2D eigenvalue weighted by Gasteiger charge is -2.60. The van der Waals surface area contributed by atoms with Crippen molar-refractivity contribution in [1.82, 2.24) is 10.6 Å². The van der Waals surface area contributed by atoms with Crippen LogP contribution in [0.5, 0.6) is 0 Å². The summed E-state index contributed by atoms with van der Waals surface area (Å²) >= 11 is 3.92. The summed E-state index contributed by atoms with van der Waals surface area (Å²) in [6.07, 6.45) is 3.94. The average Bonchev–Trinajstić information content (AvgIpc) is 3.26. The van der Waals surface area contributed by atoms with Crippen molar-refractivity contribution in [1.29, 1.82) is 0 Å². The molecule has 46 heavy (non-hydrogen) atoms. The van der Waals surface area contributed by atoms with E-state index in [1.807, 2.05) is 6.92 Å². The summed E-state index contributed by atoms with van der Waals surface area (Å²) in [7, 11) is 0. The second kappa shape index (κ2) is 13.8. The summed E-state index contributed by atoms with van der Waals surface area (Å²) in [5.41, 5.74) is -1.91. The van der Waals surface area contributed by atoms with Crippen LogP contribution in [0, 0.1) is 34.5 Å². The molecule has 3 fully saturated rings. The van der Waals surface area contributed by atoms with Crippen molar-refractivity contribution in [2.24, 2.45) is 34.5 Å². The number of aliphatic carboxylic acids is 1. The number of esters is 1. The molecule has 0 saturated heterocycles. The maximum absolute atomic E-state index is 13.5. The van der Waals surface area contributed by atoms with Gasteiger partial charge in [-0.3, -0.25) is 24.0 Å². The molecular weight excluding hydrogens is 616 g/mol. The van der Waals surface area contributed by atoms with Crippen LogP contribution < -0.4 is 10.6 Å². The summed E-state index contributed by atoms with van der Waals surface area (Å²) < 4.78 is 5.20. The fourth-order valence-corrected chi connectivity index (χ4v) is 9.18.